The highest BCUT2D eigenvalue weighted by Crippen LogP contribution is 2.48. The lowest BCUT2D eigenvalue weighted by Gasteiger charge is -2.25. The van der Waals surface area contributed by atoms with Crippen molar-refractivity contribution in [1.29, 1.82) is 0 Å². The summed E-state index contributed by atoms with van der Waals surface area (Å²) in [5, 5.41) is 16.1. The van der Waals surface area contributed by atoms with Crippen molar-refractivity contribution < 1.29 is 4.42 Å². The normalized spacial score (nSPS) is 12.3. The molecule has 0 aliphatic rings. The van der Waals surface area contributed by atoms with Gasteiger partial charge in [-0.3, -0.25) is 0 Å². The second-order valence-electron chi connectivity index (χ2n) is 23.3. The van der Waals surface area contributed by atoms with Crippen molar-refractivity contribution in [2.45, 2.75) is 52.4 Å². The lowest BCUT2D eigenvalue weighted by molar-refractivity contribution is 0.591. The Labute approximate surface area is 450 Å². The Hall–Kier alpha value is -9.04. The maximum Gasteiger partial charge on any atom is 0.134 e. The van der Waals surface area contributed by atoms with E-state index in [2.05, 4.69) is 278 Å². The van der Waals surface area contributed by atoms with Gasteiger partial charge in [-0.2, -0.15) is 0 Å². The summed E-state index contributed by atoms with van der Waals surface area (Å²) < 4.78 is 6.10. The van der Waals surface area contributed by atoms with Crippen molar-refractivity contribution >= 4 is 75.6 Å². The molecule has 0 bridgehead atoms. The van der Waals surface area contributed by atoms with Gasteiger partial charge in [0.15, 0.2) is 0 Å². The summed E-state index contributed by atoms with van der Waals surface area (Å²) in [4.78, 5) is 0. The molecule has 0 saturated carbocycles. The largest absolute Gasteiger partial charge is 0.464 e. The van der Waals surface area contributed by atoms with Crippen molar-refractivity contribution in [2.75, 3.05) is 0 Å². The number of hydrogen-bond donors (Lipinski definition) is 0. The number of hydrogen-bond acceptors (Lipinski definition) is 1. The Morgan fingerprint density at radius 2 is 0.597 bits per heavy atom. The highest BCUT2D eigenvalue weighted by Gasteiger charge is 2.24. The van der Waals surface area contributed by atoms with E-state index in [1.165, 1.54) is 131 Å². The molecule has 0 N–H and O–H groups in total. The molecule has 0 aliphatic carbocycles. The van der Waals surface area contributed by atoms with Crippen LogP contribution in [0.1, 0.15) is 52.7 Å². The monoisotopic (exact) mass is 986 g/mol. The van der Waals surface area contributed by atoms with Crippen LogP contribution in [0.3, 0.4) is 0 Å². The molecule has 0 unspecified atom stereocenters. The van der Waals surface area contributed by atoms with Gasteiger partial charge in [0, 0.05) is 10.9 Å². The standard InChI is InChI=1S/C76H58O/c1-75(2,3)58-34-36-64-67(44-58)71(48-19-11-8-12-20-48)68-45-59(76(4,5)6)35-37-65(68)73(64)56-32-30-52-40-50(26-28-54(52)42-56)49-25-27-53-41-55(31-29-51(53)39-49)72-60-21-13-15-23-62(60)74(63-24-16-14-22-61(63)72)57-33-38-70-66(43-57)69(46-77-70)47-17-9-7-10-18-47/h7-46H,1-6H3. The summed E-state index contributed by atoms with van der Waals surface area (Å²) in [5.74, 6) is 0. The molecule has 77 heavy (non-hydrogen) atoms. The second kappa shape index (κ2) is 17.8. The third-order valence-corrected chi connectivity index (χ3v) is 16.4. The van der Waals surface area contributed by atoms with Gasteiger partial charge in [0.1, 0.15) is 5.58 Å². The molecule has 0 saturated heterocycles. The van der Waals surface area contributed by atoms with Gasteiger partial charge in [-0.15, -0.1) is 0 Å². The van der Waals surface area contributed by atoms with Crippen molar-refractivity contribution in [3.05, 3.63) is 254 Å². The van der Waals surface area contributed by atoms with Crippen LogP contribution in [-0.2, 0) is 10.8 Å². The van der Waals surface area contributed by atoms with E-state index >= 15 is 0 Å². The van der Waals surface area contributed by atoms with Crippen LogP contribution < -0.4 is 0 Å². The van der Waals surface area contributed by atoms with Crippen molar-refractivity contribution in [3.63, 3.8) is 0 Å². The minimum absolute atomic E-state index is 0.00482. The highest BCUT2D eigenvalue weighted by molar-refractivity contribution is 6.24. The van der Waals surface area contributed by atoms with Crippen molar-refractivity contribution in [3.8, 4) is 66.8 Å². The van der Waals surface area contributed by atoms with Gasteiger partial charge in [-0.1, -0.05) is 230 Å². The van der Waals surface area contributed by atoms with Crippen LogP contribution in [0.25, 0.3) is 142 Å². The predicted octanol–water partition coefficient (Wildman–Crippen LogP) is 21.9. The van der Waals surface area contributed by atoms with Gasteiger partial charge >= 0.3 is 0 Å². The number of fused-ring (bicyclic) bond motifs is 7. The Kier molecular flexibility index (Phi) is 10.7. The van der Waals surface area contributed by atoms with Crippen LogP contribution in [0, 0.1) is 0 Å². The SMILES string of the molecule is CC(C)(C)c1ccc2c(-c3ccc4cc(-c5ccc6cc(-c7c8ccccc8c(-c8ccc9occ(-c%10ccccc%10)c9c8)c8ccccc78)ccc6c5)ccc4c3)c3ccc(C(C)(C)C)cc3c(-c3ccccc3)c2c1. The fourth-order valence-electron chi connectivity index (χ4n) is 12.3. The molecule has 13 aromatic carbocycles. The summed E-state index contributed by atoms with van der Waals surface area (Å²) in [6, 6.07) is 88.5. The quantitative estimate of drug-likeness (QED) is 0.151. The third kappa shape index (κ3) is 7.91. The lowest BCUT2D eigenvalue weighted by atomic mass is 9.79. The Morgan fingerprint density at radius 1 is 0.247 bits per heavy atom. The average molecular weight is 987 g/mol. The minimum atomic E-state index is 0.00482. The number of benzene rings is 13. The van der Waals surface area contributed by atoms with Crippen LogP contribution in [0.4, 0.5) is 0 Å². The fraction of sp³-hybridized carbons (Fsp3) is 0.105. The third-order valence-electron chi connectivity index (χ3n) is 16.4. The molecular formula is C76H58O. The summed E-state index contributed by atoms with van der Waals surface area (Å²) in [6.07, 6.45) is 1.89. The van der Waals surface area contributed by atoms with E-state index in [1.54, 1.807) is 0 Å². The van der Waals surface area contributed by atoms with Crippen molar-refractivity contribution in [2.24, 2.45) is 0 Å². The molecule has 0 spiro atoms. The molecule has 1 heterocycles. The molecule has 0 aliphatic heterocycles. The van der Waals surface area contributed by atoms with E-state index in [0.29, 0.717) is 0 Å². The van der Waals surface area contributed by atoms with Gasteiger partial charge < -0.3 is 4.42 Å². The van der Waals surface area contributed by atoms with E-state index in [9.17, 15) is 0 Å². The van der Waals surface area contributed by atoms with E-state index in [-0.39, 0.29) is 10.8 Å². The first-order valence-electron chi connectivity index (χ1n) is 27.1. The zero-order valence-electron chi connectivity index (χ0n) is 44.5. The Bertz CT molecular complexity index is 4540. The smallest absolute Gasteiger partial charge is 0.134 e. The zero-order valence-corrected chi connectivity index (χ0v) is 44.5. The van der Waals surface area contributed by atoms with Gasteiger partial charge in [0.05, 0.1) is 6.26 Å². The molecule has 1 heteroatoms. The topological polar surface area (TPSA) is 13.1 Å². The van der Waals surface area contributed by atoms with E-state index in [0.717, 1.165) is 22.1 Å². The van der Waals surface area contributed by atoms with Gasteiger partial charge in [-0.05, 0) is 196 Å². The Balaban J connectivity index is 0.848. The van der Waals surface area contributed by atoms with E-state index in [1.807, 2.05) is 6.26 Å². The molecule has 14 aromatic rings. The molecular weight excluding hydrogens is 929 g/mol. The van der Waals surface area contributed by atoms with Gasteiger partial charge in [0.2, 0.25) is 0 Å². The van der Waals surface area contributed by atoms with Crippen LogP contribution in [0.2, 0.25) is 0 Å². The Morgan fingerprint density at radius 3 is 1.04 bits per heavy atom. The second-order valence-corrected chi connectivity index (χ2v) is 23.3. The maximum atomic E-state index is 6.10. The molecule has 1 nitrogen and oxygen atoms in total. The molecule has 1 aromatic heterocycles. The van der Waals surface area contributed by atoms with Crippen molar-refractivity contribution in [1.82, 2.24) is 0 Å². The first-order valence-corrected chi connectivity index (χ1v) is 27.1. The lowest BCUT2D eigenvalue weighted by Crippen LogP contribution is -2.11. The first kappa shape index (κ1) is 46.5. The minimum Gasteiger partial charge on any atom is -0.464 e. The molecule has 14 rings (SSSR count). The van der Waals surface area contributed by atoms with Crippen LogP contribution in [0.5, 0.6) is 0 Å². The summed E-state index contributed by atoms with van der Waals surface area (Å²) in [7, 11) is 0. The fourth-order valence-corrected chi connectivity index (χ4v) is 12.3. The molecule has 0 amide bonds. The van der Waals surface area contributed by atoms with Crippen LogP contribution in [-0.4, -0.2) is 0 Å². The number of furan rings is 1. The highest BCUT2D eigenvalue weighted by atomic mass is 16.3. The maximum absolute atomic E-state index is 6.10. The molecule has 0 radical (unpaired) electrons. The van der Waals surface area contributed by atoms with E-state index in [4.69, 9.17) is 4.42 Å². The van der Waals surface area contributed by atoms with Gasteiger partial charge in [-0.25, -0.2) is 0 Å². The van der Waals surface area contributed by atoms with Gasteiger partial charge in [0.25, 0.3) is 0 Å². The first-order chi connectivity index (χ1) is 37.4. The zero-order chi connectivity index (χ0) is 52.2. The van der Waals surface area contributed by atoms with E-state index < -0.39 is 0 Å². The summed E-state index contributed by atoms with van der Waals surface area (Å²) in [5.41, 5.74) is 18.2. The summed E-state index contributed by atoms with van der Waals surface area (Å²) in [6.45, 7) is 13.9. The summed E-state index contributed by atoms with van der Waals surface area (Å²) >= 11 is 0. The average Bonchev–Trinajstić information content (AvgIpc) is 4.02. The molecule has 368 valence electrons. The van der Waals surface area contributed by atoms with Crippen LogP contribution >= 0.6 is 0 Å². The predicted molar refractivity (Wildman–Crippen MR) is 331 cm³/mol. The van der Waals surface area contributed by atoms with Crippen LogP contribution in [0.15, 0.2) is 247 Å². The molecule has 0 fully saturated rings. The number of rotatable bonds is 6. The molecule has 0 atom stereocenters.